The first kappa shape index (κ1) is 24.9. The normalized spacial score (nSPS) is 15.3. The molecule has 36 heavy (non-hydrogen) atoms. The molecule has 1 aliphatic rings. The lowest BCUT2D eigenvalue weighted by Gasteiger charge is -2.33. The molecular formula is C28H31N5O3. The molecule has 0 bridgehead atoms. The minimum absolute atomic E-state index is 0.0438. The number of aromatic nitrogens is 2. The molecule has 1 aliphatic heterocycles. The number of piperidine rings is 1. The maximum absolute atomic E-state index is 13.7. The number of likely N-dealkylation sites (tertiary alicyclic amines) is 1. The fourth-order valence-electron chi connectivity index (χ4n) is 4.15. The number of ketones is 1. The second-order valence-corrected chi connectivity index (χ2v) is 8.99. The van der Waals surface area contributed by atoms with Gasteiger partial charge in [0.25, 0.3) is 0 Å². The van der Waals surface area contributed by atoms with Crippen molar-refractivity contribution in [1.82, 2.24) is 14.9 Å². The smallest absolute Gasteiger partial charge is 0.246 e. The molecule has 4 rings (SSSR count). The van der Waals surface area contributed by atoms with Gasteiger partial charge in [0.05, 0.1) is 0 Å². The van der Waals surface area contributed by atoms with Crippen molar-refractivity contribution in [2.24, 2.45) is 0 Å². The predicted molar refractivity (Wildman–Crippen MR) is 141 cm³/mol. The zero-order valence-corrected chi connectivity index (χ0v) is 20.6. The number of ether oxygens (including phenoxy) is 1. The Labute approximate surface area is 211 Å². The number of amides is 1. The molecule has 8 nitrogen and oxygen atoms in total. The second kappa shape index (κ2) is 11.5. The molecule has 1 atom stereocenters. The molecule has 3 aromatic rings. The van der Waals surface area contributed by atoms with Gasteiger partial charge in [-0.1, -0.05) is 24.8 Å². The highest BCUT2D eigenvalue weighted by Crippen LogP contribution is 2.28. The summed E-state index contributed by atoms with van der Waals surface area (Å²) in [6.45, 7) is 8.77. The van der Waals surface area contributed by atoms with E-state index in [2.05, 4.69) is 27.2 Å². The predicted octanol–water partition coefficient (Wildman–Crippen LogP) is 4.91. The Morgan fingerprint density at radius 2 is 1.75 bits per heavy atom. The van der Waals surface area contributed by atoms with Gasteiger partial charge in [0.1, 0.15) is 35.0 Å². The molecule has 186 valence electrons. The largest absolute Gasteiger partial charge is 0.457 e. The van der Waals surface area contributed by atoms with Crippen LogP contribution in [-0.4, -0.2) is 51.7 Å². The van der Waals surface area contributed by atoms with E-state index >= 15 is 0 Å². The van der Waals surface area contributed by atoms with Crippen LogP contribution in [0.2, 0.25) is 0 Å². The average Bonchev–Trinajstić information content (AvgIpc) is 2.89. The molecule has 1 fully saturated rings. The summed E-state index contributed by atoms with van der Waals surface area (Å²) >= 11 is 0. The van der Waals surface area contributed by atoms with Gasteiger partial charge in [0.2, 0.25) is 5.91 Å². The Balaban J connectivity index is 1.59. The molecule has 2 aromatic carbocycles. The number of hydrogen-bond acceptors (Lipinski definition) is 7. The summed E-state index contributed by atoms with van der Waals surface area (Å²) in [7, 11) is 0. The van der Waals surface area contributed by atoms with E-state index in [4.69, 9.17) is 4.74 Å². The number of nitrogens with zero attached hydrogens (tertiary/aromatic N) is 3. The van der Waals surface area contributed by atoms with Crippen LogP contribution in [0.25, 0.3) is 0 Å². The molecule has 0 spiro atoms. The average molecular weight is 486 g/mol. The summed E-state index contributed by atoms with van der Waals surface area (Å²) in [4.78, 5) is 36.4. The van der Waals surface area contributed by atoms with Crippen molar-refractivity contribution in [2.75, 3.05) is 23.7 Å². The lowest BCUT2D eigenvalue weighted by molar-refractivity contribution is -0.127. The van der Waals surface area contributed by atoms with Gasteiger partial charge in [-0.3, -0.25) is 9.59 Å². The van der Waals surface area contributed by atoms with Crippen molar-refractivity contribution in [3.05, 3.63) is 84.7 Å². The van der Waals surface area contributed by atoms with Crippen molar-refractivity contribution in [3.8, 4) is 11.5 Å². The van der Waals surface area contributed by atoms with E-state index in [1.54, 1.807) is 29.2 Å². The minimum atomic E-state index is -0.206. The van der Waals surface area contributed by atoms with Crippen LogP contribution in [0.15, 0.2) is 73.6 Å². The second-order valence-electron chi connectivity index (χ2n) is 8.99. The van der Waals surface area contributed by atoms with Gasteiger partial charge in [-0.25, -0.2) is 9.97 Å². The lowest BCUT2D eigenvalue weighted by Crippen LogP contribution is -2.44. The third-order valence-electron chi connectivity index (χ3n) is 5.84. The van der Waals surface area contributed by atoms with Gasteiger partial charge in [-0.2, -0.15) is 0 Å². The Bertz CT molecular complexity index is 1210. The lowest BCUT2D eigenvalue weighted by atomic mass is 10.0. The first-order valence-corrected chi connectivity index (χ1v) is 12.1. The highest BCUT2D eigenvalue weighted by Gasteiger charge is 2.26. The summed E-state index contributed by atoms with van der Waals surface area (Å²) in [6.07, 6.45) is 4.48. The first-order chi connectivity index (χ1) is 17.4. The molecule has 1 aromatic heterocycles. The van der Waals surface area contributed by atoms with E-state index in [-0.39, 0.29) is 23.8 Å². The van der Waals surface area contributed by atoms with Gasteiger partial charge in [-0.15, -0.1) is 0 Å². The quantitative estimate of drug-likeness (QED) is 0.328. The molecular weight excluding hydrogens is 454 g/mol. The number of nitrogens with one attached hydrogen (secondary N) is 2. The van der Waals surface area contributed by atoms with Gasteiger partial charge < -0.3 is 20.3 Å². The summed E-state index contributed by atoms with van der Waals surface area (Å²) in [5.41, 5.74) is 0.863. The highest BCUT2D eigenvalue weighted by atomic mass is 16.5. The topological polar surface area (TPSA) is 96.5 Å². The Kier molecular flexibility index (Phi) is 7.95. The van der Waals surface area contributed by atoms with Gasteiger partial charge in [-0.05, 0) is 69.2 Å². The van der Waals surface area contributed by atoms with Crippen molar-refractivity contribution >= 4 is 23.3 Å². The molecule has 0 radical (unpaired) electrons. The molecule has 1 saturated heterocycles. The number of anilines is 2. The van der Waals surface area contributed by atoms with E-state index in [9.17, 15) is 9.59 Å². The van der Waals surface area contributed by atoms with Crippen LogP contribution in [0.5, 0.6) is 11.5 Å². The molecule has 2 heterocycles. The number of carbonyl (C=O) groups excluding carboxylic acids is 2. The molecule has 2 N–H and O–H groups in total. The number of hydrogen-bond donors (Lipinski definition) is 2. The van der Waals surface area contributed by atoms with Crippen molar-refractivity contribution < 1.29 is 14.3 Å². The van der Waals surface area contributed by atoms with Crippen LogP contribution in [-0.2, 0) is 4.79 Å². The number of rotatable bonds is 9. The molecule has 8 heteroatoms. The molecule has 1 amide bonds. The fraction of sp³-hybridized carbons (Fsp3) is 0.286. The van der Waals surface area contributed by atoms with Crippen LogP contribution in [0.3, 0.4) is 0 Å². The summed E-state index contributed by atoms with van der Waals surface area (Å²) in [5, 5.41) is 6.67. The highest BCUT2D eigenvalue weighted by molar-refractivity contribution is 6.14. The zero-order valence-electron chi connectivity index (χ0n) is 20.6. The zero-order chi connectivity index (χ0) is 25.5. The number of para-hydroxylation sites is 1. The Hall–Kier alpha value is -4.20. The minimum Gasteiger partial charge on any atom is -0.457 e. The van der Waals surface area contributed by atoms with Crippen LogP contribution in [0.4, 0.5) is 11.6 Å². The fourth-order valence-corrected chi connectivity index (χ4v) is 4.15. The van der Waals surface area contributed by atoms with E-state index < -0.39 is 0 Å². The third kappa shape index (κ3) is 6.07. The first-order valence-electron chi connectivity index (χ1n) is 12.1. The van der Waals surface area contributed by atoms with Crippen molar-refractivity contribution in [3.63, 3.8) is 0 Å². The Morgan fingerprint density at radius 1 is 1.06 bits per heavy atom. The monoisotopic (exact) mass is 485 g/mol. The van der Waals surface area contributed by atoms with E-state index in [0.29, 0.717) is 41.6 Å². The number of benzene rings is 2. The summed E-state index contributed by atoms with van der Waals surface area (Å²) < 4.78 is 5.86. The van der Waals surface area contributed by atoms with Crippen LogP contribution in [0.1, 0.15) is 42.6 Å². The van der Waals surface area contributed by atoms with Gasteiger partial charge >= 0.3 is 0 Å². The van der Waals surface area contributed by atoms with Crippen LogP contribution < -0.4 is 15.4 Å². The summed E-state index contributed by atoms with van der Waals surface area (Å²) in [5.74, 6) is 1.96. The molecule has 0 unspecified atom stereocenters. The van der Waals surface area contributed by atoms with Crippen LogP contribution in [0, 0.1) is 0 Å². The van der Waals surface area contributed by atoms with E-state index in [0.717, 1.165) is 18.6 Å². The van der Waals surface area contributed by atoms with Crippen molar-refractivity contribution in [2.45, 2.75) is 38.8 Å². The van der Waals surface area contributed by atoms with Gasteiger partial charge in [0.15, 0.2) is 5.78 Å². The maximum Gasteiger partial charge on any atom is 0.246 e. The van der Waals surface area contributed by atoms with Gasteiger partial charge in [0, 0.05) is 30.7 Å². The van der Waals surface area contributed by atoms with E-state index in [1.165, 1.54) is 12.4 Å². The number of carbonyl (C=O) groups is 2. The molecule has 0 saturated carbocycles. The standard InChI is InChI=1S/C28H31N5O3/c1-4-24(34)33-16-8-9-21(17-33)32-28-25(27(29-18-30-28)31-19(2)3)26(35)20-12-14-23(15-13-20)36-22-10-6-5-7-11-22/h4-7,10-15,18-19,21H,1,8-9,16-17H2,2-3H3,(H2,29,30,31,32)/t21-/m1/s1. The Morgan fingerprint density at radius 3 is 2.44 bits per heavy atom. The molecule has 0 aliphatic carbocycles. The summed E-state index contributed by atoms with van der Waals surface area (Å²) in [6, 6.07) is 16.5. The van der Waals surface area contributed by atoms with E-state index in [1.807, 2.05) is 44.2 Å². The SMILES string of the molecule is C=CC(=O)N1CCC[C@@H](Nc2ncnc(NC(C)C)c2C(=O)c2ccc(Oc3ccccc3)cc2)C1. The van der Waals surface area contributed by atoms with Crippen LogP contribution >= 0.6 is 0 Å². The third-order valence-corrected chi connectivity index (χ3v) is 5.84. The maximum atomic E-state index is 13.7. The van der Waals surface area contributed by atoms with Crippen molar-refractivity contribution in [1.29, 1.82) is 0 Å².